The average Bonchev–Trinajstić information content (AvgIpc) is 2.89. The van der Waals surface area contributed by atoms with E-state index < -0.39 is 0 Å². The molecule has 0 saturated heterocycles. The molecule has 0 unspecified atom stereocenters. The summed E-state index contributed by atoms with van der Waals surface area (Å²) in [5.41, 5.74) is 1.98. The van der Waals surface area contributed by atoms with Crippen molar-refractivity contribution < 1.29 is 14.3 Å². The van der Waals surface area contributed by atoms with E-state index in [2.05, 4.69) is 4.98 Å². The Morgan fingerprint density at radius 1 is 1.10 bits per heavy atom. The molecule has 3 aromatic rings. The fraction of sp³-hybridized carbons (Fsp3) is 0.0625. The predicted octanol–water partition coefficient (Wildman–Crippen LogP) is 3.28. The number of rotatable bonds is 5. The zero-order valence-corrected chi connectivity index (χ0v) is 10.7. The normalized spacial score (nSPS) is 10.4. The molecule has 4 heteroatoms. The van der Waals surface area contributed by atoms with Gasteiger partial charge in [-0.15, -0.1) is 0 Å². The highest BCUT2D eigenvalue weighted by Gasteiger charge is 2.06. The molecule has 3 rings (SSSR count). The largest absolute Gasteiger partial charge is 0.489 e. The van der Waals surface area contributed by atoms with Gasteiger partial charge in [-0.1, -0.05) is 30.3 Å². The van der Waals surface area contributed by atoms with Gasteiger partial charge in [-0.2, -0.15) is 0 Å². The first-order chi connectivity index (χ1) is 9.86. The maximum Gasteiger partial charge on any atom is 0.298 e. The highest BCUT2D eigenvalue weighted by Crippen LogP contribution is 2.28. The van der Waals surface area contributed by atoms with Crippen LogP contribution in [0.4, 0.5) is 0 Å². The molecule has 1 heterocycles. The average molecular weight is 267 g/mol. The van der Waals surface area contributed by atoms with Gasteiger partial charge in [0.15, 0.2) is 5.75 Å². The third kappa shape index (κ3) is 2.49. The van der Waals surface area contributed by atoms with Crippen molar-refractivity contribution in [2.45, 2.75) is 6.61 Å². The Morgan fingerprint density at radius 2 is 1.95 bits per heavy atom. The Kier molecular flexibility index (Phi) is 3.37. The van der Waals surface area contributed by atoms with Crippen molar-refractivity contribution in [1.29, 1.82) is 0 Å². The fourth-order valence-corrected chi connectivity index (χ4v) is 2.06. The summed E-state index contributed by atoms with van der Waals surface area (Å²) in [6.45, 7) is 0.938. The maximum atomic E-state index is 10.4. The minimum Gasteiger partial charge on any atom is -0.489 e. The number of H-pyrrole nitrogens is 1. The number of hydrogen-bond acceptors (Lipinski definition) is 3. The number of fused-ring (bicyclic) bond motifs is 1. The second kappa shape index (κ2) is 5.48. The van der Waals surface area contributed by atoms with Crippen molar-refractivity contribution in [3.63, 3.8) is 0 Å². The Labute approximate surface area is 115 Å². The molecule has 1 aromatic heterocycles. The first-order valence-electron chi connectivity index (χ1n) is 6.25. The smallest absolute Gasteiger partial charge is 0.298 e. The predicted molar refractivity (Wildman–Crippen MR) is 75.8 cm³/mol. The van der Waals surface area contributed by atoms with Crippen molar-refractivity contribution in [1.82, 2.24) is 4.98 Å². The van der Waals surface area contributed by atoms with Crippen molar-refractivity contribution in [3.05, 3.63) is 60.3 Å². The number of carbonyl (C=O) groups excluding carboxylic acids is 1. The van der Waals surface area contributed by atoms with Crippen LogP contribution in [0, 0.1) is 0 Å². The highest BCUT2D eigenvalue weighted by atomic mass is 16.5. The summed E-state index contributed by atoms with van der Waals surface area (Å²) < 4.78 is 10.6. The van der Waals surface area contributed by atoms with Gasteiger partial charge in [-0.25, -0.2) is 0 Å². The molecule has 0 amide bonds. The lowest BCUT2D eigenvalue weighted by Crippen LogP contribution is -1.94. The lowest BCUT2D eigenvalue weighted by molar-refractivity contribution is -0.120. The summed E-state index contributed by atoms with van der Waals surface area (Å²) in [6.07, 6.45) is 1.65. The van der Waals surface area contributed by atoms with Crippen LogP contribution in [0.3, 0.4) is 0 Å². The van der Waals surface area contributed by atoms with Gasteiger partial charge in [0, 0.05) is 17.6 Å². The molecule has 0 spiro atoms. The zero-order chi connectivity index (χ0) is 13.8. The first-order valence-corrected chi connectivity index (χ1v) is 6.25. The van der Waals surface area contributed by atoms with Crippen molar-refractivity contribution >= 4 is 17.4 Å². The monoisotopic (exact) mass is 267 g/mol. The van der Waals surface area contributed by atoms with Crippen LogP contribution in [0.15, 0.2) is 54.7 Å². The molecule has 0 atom stereocenters. The van der Waals surface area contributed by atoms with E-state index in [1.54, 1.807) is 6.20 Å². The topological polar surface area (TPSA) is 51.3 Å². The van der Waals surface area contributed by atoms with E-state index in [0.717, 1.165) is 22.2 Å². The van der Waals surface area contributed by atoms with Gasteiger partial charge in [0.1, 0.15) is 12.4 Å². The molecule has 0 aliphatic rings. The van der Waals surface area contributed by atoms with Gasteiger partial charge >= 0.3 is 0 Å². The first kappa shape index (κ1) is 12.3. The maximum absolute atomic E-state index is 10.4. The zero-order valence-electron chi connectivity index (χ0n) is 10.7. The molecule has 0 radical (unpaired) electrons. The SMILES string of the molecule is O=COc1c[nH]c2cc(OCc3ccccc3)ccc12. The van der Waals surface area contributed by atoms with E-state index in [-0.39, 0.29) is 0 Å². The van der Waals surface area contributed by atoms with E-state index in [1.165, 1.54) is 0 Å². The summed E-state index contributed by atoms with van der Waals surface area (Å²) in [5, 5.41) is 0.851. The number of aromatic nitrogens is 1. The Morgan fingerprint density at radius 3 is 2.75 bits per heavy atom. The van der Waals surface area contributed by atoms with Crippen LogP contribution < -0.4 is 9.47 Å². The standard InChI is InChI=1S/C16H13NO3/c18-11-20-16-9-17-15-8-13(6-7-14(15)16)19-10-12-4-2-1-3-5-12/h1-9,11,17H,10H2. The number of aromatic amines is 1. The third-order valence-corrected chi connectivity index (χ3v) is 3.04. The van der Waals surface area contributed by atoms with Crippen LogP contribution in [0.5, 0.6) is 11.5 Å². The van der Waals surface area contributed by atoms with Gasteiger partial charge in [-0.3, -0.25) is 4.79 Å². The van der Waals surface area contributed by atoms with Crippen molar-refractivity contribution in [2.24, 2.45) is 0 Å². The molecule has 0 bridgehead atoms. The molecule has 0 aliphatic heterocycles. The molecule has 20 heavy (non-hydrogen) atoms. The van der Waals surface area contributed by atoms with Crippen LogP contribution in [0.25, 0.3) is 10.9 Å². The lowest BCUT2D eigenvalue weighted by atomic mass is 10.2. The van der Waals surface area contributed by atoms with E-state index in [1.807, 2.05) is 48.5 Å². The van der Waals surface area contributed by atoms with E-state index in [0.29, 0.717) is 18.8 Å². The molecule has 1 N–H and O–H groups in total. The molecule has 0 aliphatic carbocycles. The van der Waals surface area contributed by atoms with E-state index >= 15 is 0 Å². The van der Waals surface area contributed by atoms with Gasteiger partial charge < -0.3 is 14.5 Å². The summed E-state index contributed by atoms with van der Waals surface area (Å²) in [7, 11) is 0. The van der Waals surface area contributed by atoms with Crippen LogP contribution in [0.1, 0.15) is 5.56 Å². The van der Waals surface area contributed by atoms with Crippen LogP contribution >= 0.6 is 0 Å². The minimum atomic E-state index is 0.419. The Balaban J connectivity index is 1.78. The van der Waals surface area contributed by atoms with Crippen molar-refractivity contribution in [2.75, 3.05) is 0 Å². The second-order valence-corrected chi connectivity index (χ2v) is 4.35. The summed E-state index contributed by atoms with van der Waals surface area (Å²) in [6, 6.07) is 15.6. The number of ether oxygens (including phenoxy) is 2. The number of hydrogen-bond donors (Lipinski definition) is 1. The van der Waals surface area contributed by atoms with Gasteiger partial charge in [0.2, 0.25) is 0 Å². The number of carbonyl (C=O) groups is 1. The molecular formula is C16H13NO3. The Hall–Kier alpha value is -2.75. The highest BCUT2D eigenvalue weighted by molar-refractivity contribution is 5.88. The lowest BCUT2D eigenvalue weighted by Gasteiger charge is -2.06. The van der Waals surface area contributed by atoms with Crippen LogP contribution in [-0.4, -0.2) is 11.5 Å². The quantitative estimate of drug-likeness (QED) is 0.722. The molecular weight excluding hydrogens is 254 g/mol. The van der Waals surface area contributed by atoms with Gasteiger partial charge in [0.05, 0.1) is 5.52 Å². The van der Waals surface area contributed by atoms with Gasteiger partial charge in [0.25, 0.3) is 6.47 Å². The third-order valence-electron chi connectivity index (χ3n) is 3.04. The van der Waals surface area contributed by atoms with E-state index in [4.69, 9.17) is 9.47 Å². The molecule has 100 valence electrons. The fourth-order valence-electron chi connectivity index (χ4n) is 2.06. The number of benzene rings is 2. The van der Waals surface area contributed by atoms with E-state index in [9.17, 15) is 4.79 Å². The second-order valence-electron chi connectivity index (χ2n) is 4.35. The van der Waals surface area contributed by atoms with Crippen molar-refractivity contribution in [3.8, 4) is 11.5 Å². The summed E-state index contributed by atoms with van der Waals surface area (Å²) in [4.78, 5) is 13.4. The summed E-state index contributed by atoms with van der Waals surface area (Å²) in [5.74, 6) is 1.28. The molecule has 0 saturated carbocycles. The molecule has 2 aromatic carbocycles. The molecule has 4 nitrogen and oxygen atoms in total. The molecule has 0 fully saturated rings. The summed E-state index contributed by atoms with van der Waals surface area (Å²) >= 11 is 0. The number of nitrogens with one attached hydrogen (secondary N) is 1. The minimum absolute atomic E-state index is 0.419. The van der Waals surface area contributed by atoms with Gasteiger partial charge in [-0.05, 0) is 17.7 Å². The van der Waals surface area contributed by atoms with Crippen LogP contribution in [0.2, 0.25) is 0 Å². The van der Waals surface area contributed by atoms with Crippen LogP contribution in [-0.2, 0) is 11.4 Å². The Bertz CT molecular complexity index is 719.